The Morgan fingerprint density at radius 3 is 2.05 bits per heavy atom. The van der Waals surface area contributed by atoms with Crippen LogP contribution in [0.25, 0.3) is 0 Å². The van der Waals surface area contributed by atoms with Crippen molar-refractivity contribution in [3.63, 3.8) is 0 Å². The molecule has 0 bridgehead atoms. The van der Waals surface area contributed by atoms with E-state index in [0.717, 1.165) is 42.1 Å². The third-order valence-electron chi connectivity index (χ3n) is 2.92. The zero-order valence-electron chi connectivity index (χ0n) is 12.1. The minimum atomic E-state index is 0.749. The molecule has 2 aromatic rings. The summed E-state index contributed by atoms with van der Waals surface area (Å²) in [4.78, 5) is 0. The zero-order chi connectivity index (χ0) is 14.9. The Kier molecular flexibility index (Phi) is 5.54. The van der Waals surface area contributed by atoms with Crippen LogP contribution < -0.4 is 4.74 Å². The number of ether oxygens (including phenoxy) is 1. The van der Waals surface area contributed by atoms with Crippen molar-refractivity contribution in [1.29, 1.82) is 0 Å². The van der Waals surface area contributed by atoms with Gasteiger partial charge in [0.25, 0.3) is 0 Å². The van der Waals surface area contributed by atoms with Crippen LogP contribution >= 0.6 is 0 Å². The molecule has 0 amide bonds. The molecular weight excluding hydrogens is 260 g/mol. The number of unbranched alkanes of at least 4 members (excludes halogenated alkanes) is 1. The highest BCUT2D eigenvalue weighted by Gasteiger charge is 1.95. The van der Waals surface area contributed by atoms with Gasteiger partial charge in [-0.05, 0) is 55.0 Å². The van der Waals surface area contributed by atoms with E-state index in [2.05, 4.69) is 23.1 Å². The van der Waals surface area contributed by atoms with Crippen molar-refractivity contribution in [3.8, 4) is 18.1 Å². The van der Waals surface area contributed by atoms with Crippen molar-refractivity contribution in [2.24, 2.45) is 10.2 Å². The maximum atomic E-state index is 5.60. The summed E-state index contributed by atoms with van der Waals surface area (Å²) in [5.74, 6) is 3.43. The lowest BCUT2D eigenvalue weighted by atomic mass is 10.2. The molecule has 0 unspecified atom stereocenters. The van der Waals surface area contributed by atoms with E-state index in [1.54, 1.807) is 0 Å². The van der Waals surface area contributed by atoms with Gasteiger partial charge in [0.05, 0.1) is 18.0 Å². The maximum Gasteiger partial charge on any atom is 0.119 e. The monoisotopic (exact) mass is 278 g/mol. The van der Waals surface area contributed by atoms with Gasteiger partial charge in [0.2, 0.25) is 0 Å². The minimum Gasteiger partial charge on any atom is -0.494 e. The summed E-state index contributed by atoms with van der Waals surface area (Å²) in [7, 11) is 0. The molecule has 106 valence electrons. The normalized spacial score (nSPS) is 10.5. The van der Waals surface area contributed by atoms with Crippen molar-refractivity contribution < 1.29 is 4.74 Å². The Morgan fingerprint density at radius 2 is 1.52 bits per heavy atom. The second-order valence-corrected chi connectivity index (χ2v) is 4.59. The van der Waals surface area contributed by atoms with Gasteiger partial charge >= 0.3 is 0 Å². The molecule has 21 heavy (non-hydrogen) atoms. The predicted octanol–water partition coefficient (Wildman–Crippen LogP) is 5.26. The van der Waals surface area contributed by atoms with Gasteiger partial charge in [-0.1, -0.05) is 19.3 Å². The first-order valence-corrected chi connectivity index (χ1v) is 7.03. The maximum absolute atomic E-state index is 5.60. The highest BCUT2D eigenvalue weighted by molar-refractivity contribution is 5.45. The van der Waals surface area contributed by atoms with Crippen LogP contribution in [0.5, 0.6) is 5.75 Å². The molecule has 0 aliphatic rings. The Morgan fingerprint density at radius 1 is 0.952 bits per heavy atom. The molecule has 3 nitrogen and oxygen atoms in total. The number of terminal acetylenes is 1. The van der Waals surface area contributed by atoms with Gasteiger partial charge in [-0.2, -0.15) is 10.2 Å². The fourth-order valence-electron chi connectivity index (χ4n) is 1.68. The molecule has 0 aliphatic heterocycles. The Labute approximate surface area is 125 Å². The SMILES string of the molecule is C#Cc1ccc(N=Nc2ccc(OCCCC)cc2)cc1. The molecule has 0 saturated carbocycles. The van der Waals surface area contributed by atoms with Crippen LogP contribution in [-0.4, -0.2) is 6.61 Å². The third kappa shape index (κ3) is 4.77. The minimum absolute atomic E-state index is 0.749. The quantitative estimate of drug-likeness (QED) is 0.403. The Hall–Kier alpha value is -2.60. The van der Waals surface area contributed by atoms with Crippen LogP contribution in [-0.2, 0) is 0 Å². The fourth-order valence-corrected chi connectivity index (χ4v) is 1.68. The van der Waals surface area contributed by atoms with Crippen LogP contribution in [0.3, 0.4) is 0 Å². The molecule has 0 fully saturated rings. The van der Waals surface area contributed by atoms with Crippen LogP contribution in [0, 0.1) is 12.3 Å². The van der Waals surface area contributed by atoms with Crippen LogP contribution in [0.4, 0.5) is 11.4 Å². The largest absolute Gasteiger partial charge is 0.494 e. The van der Waals surface area contributed by atoms with E-state index in [0.29, 0.717) is 0 Å². The van der Waals surface area contributed by atoms with E-state index < -0.39 is 0 Å². The van der Waals surface area contributed by atoms with E-state index in [4.69, 9.17) is 11.2 Å². The molecule has 0 N–H and O–H groups in total. The zero-order valence-corrected chi connectivity index (χ0v) is 12.1. The lowest BCUT2D eigenvalue weighted by molar-refractivity contribution is 0.309. The summed E-state index contributed by atoms with van der Waals surface area (Å²) in [6.07, 6.45) is 7.50. The molecule has 3 heteroatoms. The summed E-state index contributed by atoms with van der Waals surface area (Å²) in [6, 6.07) is 15.0. The number of hydrogen-bond acceptors (Lipinski definition) is 3. The predicted molar refractivity (Wildman–Crippen MR) is 85.4 cm³/mol. The molecule has 0 saturated heterocycles. The van der Waals surface area contributed by atoms with Gasteiger partial charge < -0.3 is 4.74 Å². The summed E-state index contributed by atoms with van der Waals surface area (Å²) in [6.45, 7) is 2.89. The number of nitrogens with zero attached hydrogens (tertiary/aromatic N) is 2. The molecule has 0 radical (unpaired) electrons. The smallest absolute Gasteiger partial charge is 0.119 e. The van der Waals surface area contributed by atoms with E-state index in [9.17, 15) is 0 Å². The standard InChI is InChI=1S/C18H18N2O/c1-3-5-14-21-18-12-10-17(11-13-18)20-19-16-8-6-15(4-2)7-9-16/h2,6-13H,3,5,14H2,1H3. The van der Waals surface area contributed by atoms with Gasteiger partial charge in [-0.25, -0.2) is 0 Å². The molecule has 0 atom stereocenters. The van der Waals surface area contributed by atoms with Crippen molar-refractivity contribution in [3.05, 3.63) is 54.1 Å². The average molecular weight is 278 g/mol. The van der Waals surface area contributed by atoms with E-state index in [-0.39, 0.29) is 0 Å². The summed E-state index contributed by atoms with van der Waals surface area (Å²) >= 11 is 0. The highest BCUT2D eigenvalue weighted by atomic mass is 16.5. The summed E-state index contributed by atoms with van der Waals surface area (Å²) < 4.78 is 5.60. The van der Waals surface area contributed by atoms with Gasteiger partial charge in [0, 0.05) is 5.56 Å². The fraction of sp³-hybridized carbons (Fsp3) is 0.222. The first kappa shape index (κ1) is 14.8. The van der Waals surface area contributed by atoms with Crippen molar-refractivity contribution in [1.82, 2.24) is 0 Å². The van der Waals surface area contributed by atoms with E-state index >= 15 is 0 Å². The second kappa shape index (κ2) is 7.86. The average Bonchev–Trinajstić information content (AvgIpc) is 2.55. The topological polar surface area (TPSA) is 34.0 Å². The van der Waals surface area contributed by atoms with Crippen LogP contribution in [0.1, 0.15) is 25.3 Å². The first-order chi connectivity index (χ1) is 10.3. The van der Waals surface area contributed by atoms with E-state index in [1.807, 2.05) is 48.5 Å². The molecule has 0 aliphatic carbocycles. The third-order valence-corrected chi connectivity index (χ3v) is 2.92. The van der Waals surface area contributed by atoms with Gasteiger partial charge in [-0.15, -0.1) is 6.42 Å². The lowest BCUT2D eigenvalue weighted by Crippen LogP contribution is -1.95. The van der Waals surface area contributed by atoms with Crippen LogP contribution in [0.2, 0.25) is 0 Å². The number of azo groups is 1. The Balaban J connectivity index is 1.95. The molecular formula is C18H18N2O. The highest BCUT2D eigenvalue weighted by Crippen LogP contribution is 2.21. The molecule has 0 heterocycles. The summed E-state index contributed by atoms with van der Waals surface area (Å²) in [5.41, 5.74) is 2.40. The molecule has 0 aromatic heterocycles. The Bertz CT molecular complexity index is 622. The second-order valence-electron chi connectivity index (χ2n) is 4.59. The first-order valence-electron chi connectivity index (χ1n) is 7.03. The lowest BCUT2D eigenvalue weighted by Gasteiger charge is -2.04. The number of hydrogen-bond donors (Lipinski definition) is 0. The van der Waals surface area contributed by atoms with Crippen molar-refractivity contribution in [2.45, 2.75) is 19.8 Å². The van der Waals surface area contributed by atoms with Gasteiger partial charge in [-0.3, -0.25) is 0 Å². The van der Waals surface area contributed by atoms with E-state index in [1.165, 1.54) is 0 Å². The number of benzene rings is 2. The molecule has 2 aromatic carbocycles. The number of rotatable bonds is 6. The summed E-state index contributed by atoms with van der Waals surface area (Å²) in [5, 5.41) is 8.36. The van der Waals surface area contributed by atoms with Gasteiger partial charge in [0.15, 0.2) is 0 Å². The molecule has 0 spiro atoms. The molecule has 2 rings (SSSR count). The van der Waals surface area contributed by atoms with Crippen LogP contribution in [0.15, 0.2) is 58.8 Å². The van der Waals surface area contributed by atoms with Crippen molar-refractivity contribution in [2.75, 3.05) is 6.61 Å². The van der Waals surface area contributed by atoms with Gasteiger partial charge in [0.1, 0.15) is 5.75 Å². The van der Waals surface area contributed by atoms with Crippen molar-refractivity contribution >= 4 is 11.4 Å².